The van der Waals surface area contributed by atoms with Crippen LogP contribution in [0.1, 0.15) is 63.1 Å². The van der Waals surface area contributed by atoms with Crippen molar-refractivity contribution in [2.75, 3.05) is 13.2 Å². The van der Waals surface area contributed by atoms with Crippen LogP contribution < -0.4 is 0 Å². The summed E-state index contributed by atoms with van der Waals surface area (Å²) >= 11 is 0. The van der Waals surface area contributed by atoms with Crippen LogP contribution in [0.3, 0.4) is 0 Å². The number of ether oxygens (including phenoxy) is 1. The van der Waals surface area contributed by atoms with Crippen molar-refractivity contribution in [3.8, 4) is 0 Å². The van der Waals surface area contributed by atoms with Crippen molar-refractivity contribution < 1.29 is 19.7 Å². The maximum atomic E-state index is 13.1. The summed E-state index contributed by atoms with van der Waals surface area (Å²) in [6, 6.07) is 18.8. The van der Waals surface area contributed by atoms with Gasteiger partial charge in [0.05, 0.1) is 18.2 Å². The van der Waals surface area contributed by atoms with E-state index in [9.17, 15) is 15.0 Å². The van der Waals surface area contributed by atoms with Gasteiger partial charge in [0.1, 0.15) is 5.60 Å². The van der Waals surface area contributed by atoms with Gasteiger partial charge in [-0.3, -0.25) is 4.90 Å². The second kappa shape index (κ2) is 9.19. The molecule has 2 aromatic rings. The first-order valence-electron chi connectivity index (χ1n) is 10.7. The van der Waals surface area contributed by atoms with Crippen LogP contribution in [0.25, 0.3) is 0 Å². The third-order valence-electron chi connectivity index (χ3n) is 5.66. The fraction of sp³-hybridized carbons (Fsp3) is 0.480. The van der Waals surface area contributed by atoms with Crippen LogP contribution in [0.4, 0.5) is 4.79 Å². The number of carbonyl (C=O) groups is 1. The maximum absolute atomic E-state index is 13.1. The van der Waals surface area contributed by atoms with Gasteiger partial charge in [-0.05, 0) is 51.2 Å². The second-order valence-electron chi connectivity index (χ2n) is 9.19. The Bertz CT molecular complexity index is 818. The van der Waals surface area contributed by atoms with Gasteiger partial charge in [-0.25, -0.2) is 4.79 Å². The first-order valence-corrected chi connectivity index (χ1v) is 10.7. The van der Waals surface area contributed by atoms with Crippen LogP contribution >= 0.6 is 0 Å². The monoisotopic (exact) mass is 411 g/mol. The predicted molar refractivity (Wildman–Crippen MR) is 117 cm³/mol. The van der Waals surface area contributed by atoms with E-state index in [0.29, 0.717) is 25.8 Å². The molecular formula is C25H33NO4. The molecule has 1 heterocycles. The first kappa shape index (κ1) is 22.3. The summed E-state index contributed by atoms with van der Waals surface area (Å²) in [7, 11) is 0. The fourth-order valence-electron chi connectivity index (χ4n) is 4.41. The van der Waals surface area contributed by atoms with E-state index in [2.05, 4.69) is 0 Å². The van der Waals surface area contributed by atoms with Crippen molar-refractivity contribution in [3.05, 3.63) is 71.8 Å². The Hall–Kier alpha value is -2.37. The number of piperidine rings is 1. The molecule has 0 saturated carbocycles. The predicted octanol–water partition coefficient (Wildman–Crippen LogP) is 4.66. The molecule has 1 saturated heterocycles. The summed E-state index contributed by atoms with van der Waals surface area (Å²) < 4.78 is 5.66. The lowest BCUT2D eigenvalue weighted by Crippen LogP contribution is -2.54. The molecule has 0 aliphatic carbocycles. The third kappa shape index (κ3) is 5.21. The van der Waals surface area contributed by atoms with Gasteiger partial charge in [0, 0.05) is 12.5 Å². The molecular weight excluding hydrogens is 378 g/mol. The Morgan fingerprint density at radius 1 is 1.13 bits per heavy atom. The molecule has 162 valence electrons. The highest BCUT2D eigenvalue weighted by molar-refractivity contribution is 5.69. The average molecular weight is 412 g/mol. The molecule has 3 atom stereocenters. The minimum Gasteiger partial charge on any atom is -0.444 e. The van der Waals surface area contributed by atoms with Crippen molar-refractivity contribution >= 4 is 6.09 Å². The molecule has 1 aliphatic rings. The molecule has 1 amide bonds. The number of aliphatic hydroxyl groups is 2. The molecule has 0 bridgehead atoms. The lowest BCUT2D eigenvalue weighted by molar-refractivity contribution is -0.0954. The normalized spacial score (nSPS) is 23.1. The standard InChI is InChI=1S/C25H33NO4/c1-24(2,3)30-23(28)26-16-10-15-25(29,22(26)20-13-8-5-9-14-20)17-21(18-27)19-11-6-4-7-12-19/h4-9,11-14,21-22,27,29H,10,15-18H2,1-3H3/t21-,22-,25+/m1/s1. The van der Waals surface area contributed by atoms with E-state index >= 15 is 0 Å². The highest BCUT2D eigenvalue weighted by Gasteiger charge is 2.48. The van der Waals surface area contributed by atoms with Crippen molar-refractivity contribution in [1.82, 2.24) is 4.90 Å². The van der Waals surface area contributed by atoms with Gasteiger partial charge >= 0.3 is 6.09 Å². The molecule has 2 aromatic carbocycles. The van der Waals surface area contributed by atoms with Crippen molar-refractivity contribution in [2.45, 2.75) is 63.2 Å². The van der Waals surface area contributed by atoms with E-state index in [1.165, 1.54) is 0 Å². The summed E-state index contributed by atoms with van der Waals surface area (Å²) in [5.74, 6) is -0.221. The molecule has 1 aliphatic heterocycles. The van der Waals surface area contributed by atoms with Gasteiger partial charge in [-0.1, -0.05) is 60.7 Å². The number of carbonyl (C=O) groups excluding carboxylic acids is 1. The summed E-state index contributed by atoms with van der Waals surface area (Å²) in [6.07, 6.45) is 1.16. The number of hydrogen-bond acceptors (Lipinski definition) is 4. The van der Waals surface area contributed by atoms with Gasteiger partial charge in [0.25, 0.3) is 0 Å². The van der Waals surface area contributed by atoms with Crippen LogP contribution in [-0.4, -0.2) is 45.6 Å². The minimum atomic E-state index is -1.18. The summed E-state index contributed by atoms with van der Waals surface area (Å²) in [6.45, 7) is 5.98. The van der Waals surface area contributed by atoms with Gasteiger partial charge < -0.3 is 14.9 Å². The molecule has 5 nitrogen and oxygen atoms in total. The largest absolute Gasteiger partial charge is 0.444 e. The van der Waals surface area contributed by atoms with Gasteiger partial charge in [-0.15, -0.1) is 0 Å². The highest BCUT2D eigenvalue weighted by Crippen LogP contribution is 2.45. The molecule has 2 N–H and O–H groups in total. The first-order chi connectivity index (χ1) is 14.2. The van der Waals surface area contributed by atoms with E-state index in [0.717, 1.165) is 11.1 Å². The number of nitrogens with zero attached hydrogens (tertiary/aromatic N) is 1. The summed E-state index contributed by atoms with van der Waals surface area (Å²) in [5, 5.41) is 22.0. The van der Waals surface area contributed by atoms with E-state index in [-0.39, 0.29) is 12.5 Å². The van der Waals surface area contributed by atoms with Crippen LogP contribution in [0, 0.1) is 0 Å². The summed E-state index contributed by atoms with van der Waals surface area (Å²) in [5.41, 5.74) is 0.0515. The number of rotatable bonds is 5. The van der Waals surface area contributed by atoms with Crippen LogP contribution in [0.5, 0.6) is 0 Å². The van der Waals surface area contributed by atoms with Crippen molar-refractivity contribution in [3.63, 3.8) is 0 Å². The number of amides is 1. The van der Waals surface area contributed by atoms with Gasteiger partial charge in [0.2, 0.25) is 0 Å². The van der Waals surface area contributed by atoms with Gasteiger partial charge in [-0.2, -0.15) is 0 Å². The Morgan fingerprint density at radius 2 is 1.73 bits per heavy atom. The highest BCUT2D eigenvalue weighted by atomic mass is 16.6. The molecule has 0 spiro atoms. The lowest BCUT2D eigenvalue weighted by atomic mass is 9.74. The topological polar surface area (TPSA) is 70.0 Å². The minimum absolute atomic E-state index is 0.0692. The molecule has 1 fully saturated rings. The lowest BCUT2D eigenvalue weighted by Gasteiger charge is -2.48. The Labute approximate surface area is 179 Å². The van der Waals surface area contributed by atoms with E-state index in [1.54, 1.807) is 4.90 Å². The Kier molecular flexibility index (Phi) is 6.84. The zero-order valence-corrected chi connectivity index (χ0v) is 18.1. The third-order valence-corrected chi connectivity index (χ3v) is 5.66. The number of hydrogen-bond donors (Lipinski definition) is 2. The van der Waals surface area contributed by atoms with Gasteiger partial charge in [0.15, 0.2) is 0 Å². The number of likely N-dealkylation sites (tertiary alicyclic amines) is 1. The van der Waals surface area contributed by atoms with Crippen molar-refractivity contribution in [1.29, 1.82) is 0 Å². The molecule has 0 unspecified atom stereocenters. The fourth-order valence-corrected chi connectivity index (χ4v) is 4.41. The molecule has 3 rings (SSSR count). The molecule has 30 heavy (non-hydrogen) atoms. The van der Waals surface area contributed by atoms with E-state index in [4.69, 9.17) is 4.74 Å². The van der Waals surface area contributed by atoms with Crippen molar-refractivity contribution in [2.24, 2.45) is 0 Å². The average Bonchev–Trinajstić information content (AvgIpc) is 2.72. The SMILES string of the molecule is CC(C)(C)OC(=O)N1CCC[C@](O)(C[C@H](CO)c2ccccc2)[C@H]1c1ccccc1. The maximum Gasteiger partial charge on any atom is 0.410 e. The Morgan fingerprint density at radius 3 is 2.30 bits per heavy atom. The second-order valence-corrected chi connectivity index (χ2v) is 9.19. The molecule has 0 radical (unpaired) electrons. The molecule has 5 heteroatoms. The number of benzene rings is 2. The zero-order chi connectivity index (χ0) is 21.8. The number of aliphatic hydroxyl groups excluding tert-OH is 1. The zero-order valence-electron chi connectivity index (χ0n) is 18.1. The van der Waals surface area contributed by atoms with E-state index in [1.807, 2.05) is 81.4 Å². The summed E-state index contributed by atoms with van der Waals surface area (Å²) in [4.78, 5) is 14.7. The van der Waals surface area contributed by atoms with Crippen LogP contribution in [0.15, 0.2) is 60.7 Å². The van der Waals surface area contributed by atoms with E-state index < -0.39 is 23.3 Å². The quantitative estimate of drug-likeness (QED) is 0.751. The van der Waals surface area contributed by atoms with Crippen LogP contribution in [-0.2, 0) is 4.74 Å². The molecule has 0 aromatic heterocycles. The smallest absolute Gasteiger partial charge is 0.410 e. The Balaban J connectivity index is 1.97. The van der Waals surface area contributed by atoms with Crippen LogP contribution in [0.2, 0.25) is 0 Å².